The molecule has 2 amide bonds. The van der Waals surface area contributed by atoms with Crippen molar-refractivity contribution in [1.29, 1.82) is 0 Å². The van der Waals surface area contributed by atoms with Crippen LogP contribution in [0.3, 0.4) is 0 Å². The summed E-state index contributed by atoms with van der Waals surface area (Å²) >= 11 is 0. The predicted molar refractivity (Wildman–Crippen MR) is 136 cm³/mol. The average molecular weight is 491 g/mol. The summed E-state index contributed by atoms with van der Waals surface area (Å²) in [5, 5.41) is 20.9. The topological polar surface area (TPSA) is 99.5 Å². The summed E-state index contributed by atoms with van der Waals surface area (Å²) < 4.78 is 11.0. The third kappa shape index (κ3) is 9.72. The Morgan fingerprint density at radius 2 is 1.89 bits per heavy atom. The second-order valence-electron chi connectivity index (χ2n) is 9.60. The van der Waals surface area contributed by atoms with Crippen molar-refractivity contribution in [2.75, 3.05) is 40.0 Å². The van der Waals surface area contributed by atoms with Crippen molar-refractivity contribution >= 4 is 17.9 Å². The number of amides is 2. The van der Waals surface area contributed by atoms with Crippen LogP contribution in [0.2, 0.25) is 0 Å². The van der Waals surface area contributed by atoms with Gasteiger partial charge >= 0.3 is 0 Å². The highest BCUT2D eigenvalue weighted by Crippen LogP contribution is 2.18. The van der Waals surface area contributed by atoms with E-state index in [0.717, 1.165) is 12.0 Å². The van der Waals surface area contributed by atoms with Gasteiger partial charge in [-0.25, -0.2) is 0 Å². The molecule has 1 saturated heterocycles. The molecule has 0 saturated carbocycles. The Labute approximate surface area is 209 Å². The zero-order valence-corrected chi connectivity index (χ0v) is 21.5. The van der Waals surface area contributed by atoms with E-state index in [1.54, 1.807) is 11.0 Å². The van der Waals surface area contributed by atoms with Gasteiger partial charge in [-0.05, 0) is 36.8 Å². The number of carbonyl (C=O) groups is 2. The van der Waals surface area contributed by atoms with Crippen LogP contribution in [0.4, 0.5) is 0 Å². The molecule has 1 heterocycles. The first-order valence-corrected chi connectivity index (χ1v) is 12.5. The van der Waals surface area contributed by atoms with Crippen molar-refractivity contribution < 1.29 is 29.3 Å². The van der Waals surface area contributed by atoms with Crippen molar-refractivity contribution in [3.05, 3.63) is 42.0 Å². The molecule has 0 radical (unpaired) electrons. The second-order valence-corrected chi connectivity index (χ2v) is 9.60. The summed E-state index contributed by atoms with van der Waals surface area (Å²) in [5.41, 5.74) is 0.942. The highest BCUT2D eigenvalue weighted by atomic mass is 16.5. The fourth-order valence-electron chi connectivity index (χ4n) is 4.31. The number of carbonyl (C=O) groups excluding carboxylic acids is 2. The molecule has 196 valence electrons. The molecule has 2 rings (SSSR count). The molecule has 1 fully saturated rings. The fourth-order valence-corrected chi connectivity index (χ4v) is 4.31. The van der Waals surface area contributed by atoms with E-state index in [1.807, 2.05) is 41.3 Å². The van der Waals surface area contributed by atoms with Crippen LogP contribution in [0, 0.1) is 5.92 Å². The van der Waals surface area contributed by atoms with E-state index in [9.17, 15) is 19.8 Å². The molecular weight excluding hydrogens is 448 g/mol. The first kappa shape index (κ1) is 29.0. The summed E-state index contributed by atoms with van der Waals surface area (Å²) in [6.45, 7) is 6.99. The van der Waals surface area contributed by atoms with Crippen LogP contribution < -0.4 is 0 Å². The number of aliphatic hydroxyl groups excluding tert-OH is 2. The molecule has 4 atom stereocenters. The Hall–Kier alpha value is -2.26. The minimum atomic E-state index is -1.21. The van der Waals surface area contributed by atoms with Crippen LogP contribution in [0.25, 0.3) is 6.08 Å². The van der Waals surface area contributed by atoms with Crippen LogP contribution in [0.1, 0.15) is 45.6 Å². The quantitative estimate of drug-likeness (QED) is 0.615. The Morgan fingerprint density at radius 1 is 1.17 bits per heavy atom. The lowest BCUT2D eigenvalue weighted by molar-refractivity contribution is -0.140. The molecule has 0 aliphatic carbocycles. The van der Waals surface area contributed by atoms with Gasteiger partial charge in [-0.15, -0.1) is 0 Å². The molecule has 0 spiro atoms. The van der Waals surface area contributed by atoms with E-state index in [4.69, 9.17) is 9.47 Å². The van der Waals surface area contributed by atoms with Gasteiger partial charge in [-0.1, -0.05) is 44.2 Å². The number of benzene rings is 1. The van der Waals surface area contributed by atoms with Gasteiger partial charge in [0.2, 0.25) is 11.8 Å². The molecule has 2 N–H and O–H groups in total. The SMILES string of the molecule is CO[C@@H]1CN(C(C)=O)C[C@@H](CC(C)C)N(C(=O)/C=C/c2ccccc2)CCCCOC[C@@H](O)[C@H]1O. The fraction of sp³-hybridized carbons (Fsp3) is 0.630. The molecule has 1 aliphatic rings. The maximum Gasteiger partial charge on any atom is 0.246 e. The number of methoxy groups -OCH3 is 1. The molecule has 1 aliphatic heterocycles. The lowest BCUT2D eigenvalue weighted by Crippen LogP contribution is -2.53. The maximum atomic E-state index is 13.4. The van der Waals surface area contributed by atoms with Gasteiger partial charge in [-0.3, -0.25) is 9.59 Å². The number of ether oxygens (including phenoxy) is 2. The van der Waals surface area contributed by atoms with Gasteiger partial charge in [0.15, 0.2) is 0 Å². The maximum absolute atomic E-state index is 13.4. The van der Waals surface area contributed by atoms with Crippen molar-refractivity contribution in [2.24, 2.45) is 5.92 Å². The Morgan fingerprint density at radius 3 is 2.51 bits per heavy atom. The number of aliphatic hydroxyl groups is 2. The average Bonchev–Trinajstić information content (AvgIpc) is 2.83. The van der Waals surface area contributed by atoms with Crippen LogP contribution in [0.15, 0.2) is 36.4 Å². The molecule has 1 aromatic rings. The van der Waals surface area contributed by atoms with E-state index in [0.29, 0.717) is 38.5 Å². The highest BCUT2D eigenvalue weighted by Gasteiger charge is 2.32. The van der Waals surface area contributed by atoms with E-state index in [1.165, 1.54) is 14.0 Å². The van der Waals surface area contributed by atoms with E-state index >= 15 is 0 Å². The van der Waals surface area contributed by atoms with Gasteiger partial charge in [0.1, 0.15) is 18.3 Å². The van der Waals surface area contributed by atoms with Gasteiger partial charge in [0.25, 0.3) is 0 Å². The lowest BCUT2D eigenvalue weighted by atomic mass is 10.00. The summed E-state index contributed by atoms with van der Waals surface area (Å²) in [5.74, 6) is 0.0166. The molecule has 1 aromatic carbocycles. The third-order valence-corrected chi connectivity index (χ3v) is 6.27. The van der Waals surface area contributed by atoms with Crippen LogP contribution in [-0.2, 0) is 19.1 Å². The summed E-state index contributed by atoms with van der Waals surface area (Å²) in [7, 11) is 1.44. The first-order valence-electron chi connectivity index (χ1n) is 12.5. The summed E-state index contributed by atoms with van der Waals surface area (Å²) in [4.78, 5) is 29.5. The van der Waals surface area contributed by atoms with E-state index in [-0.39, 0.29) is 31.0 Å². The third-order valence-electron chi connectivity index (χ3n) is 6.27. The molecule has 0 aromatic heterocycles. The molecule has 8 heteroatoms. The molecule has 0 bridgehead atoms. The standard InChI is InChI=1S/C27H42N2O6/c1-20(2)16-23-17-28(21(3)30)18-25(34-4)27(33)24(31)19-35-15-9-8-14-29(23)26(32)13-12-22-10-6-5-7-11-22/h5-7,10-13,20,23-25,27,31,33H,8-9,14-19H2,1-4H3/b13-12+/t23-,24-,25-,27-/m1/s1. The predicted octanol–water partition coefficient (Wildman–Crippen LogP) is 2.34. The minimum Gasteiger partial charge on any atom is -0.388 e. The minimum absolute atomic E-state index is 0.0282. The molecular formula is C27H42N2O6. The molecule has 35 heavy (non-hydrogen) atoms. The first-order chi connectivity index (χ1) is 16.7. The normalized spacial score (nSPS) is 25.6. The Balaban J connectivity index is 2.34. The van der Waals surface area contributed by atoms with Gasteiger partial charge < -0.3 is 29.5 Å². The number of rotatable bonds is 5. The zero-order chi connectivity index (χ0) is 25.8. The summed E-state index contributed by atoms with van der Waals surface area (Å²) in [6, 6.07) is 9.46. The van der Waals surface area contributed by atoms with Crippen molar-refractivity contribution in [3.8, 4) is 0 Å². The largest absolute Gasteiger partial charge is 0.388 e. The van der Waals surface area contributed by atoms with Gasteiger partial charge in [0, 0.05) is 52.4 Å². The number of nitrogens with zero attached hydrogens (tertiary/aromatic N) is 2. The van der Waals surface area contributed by atoms with Gasteiger partial charge in [0.05, 0.1) is 6.61 Å². The Kier molecular flexibility index (Phi) is 12.4. The van der Waals surface area contributed by atoms with Crippen molar-refractivity contribution in [2.45, 2.75) is 64.4 Å². The van der Waals surface area contributed by atoms with Gasteiger partial charge in [-0.2, -0.15) is 0 Å². The van der Waals surface area contributed by atoms with Crippen LogP contribution in [-0.4, -0.2) is 96.1 Å². The number of hydrogen-bond acceptors (Lipinski definition) is 6. The Bertz CT molecular complexity index is 800. The molecule has 0 unspecified atom stereocenters. The number of hydrogen-bond donors (Lipinski definition) is 2. The smallest absolute Gasteiger partial charge is 0.246 e. The van der Waals surface area contributed by atoms with Crippen LogP contribution in [0.5, 0.6) is 0 Å². The van der Waals surface area contributed by atoms with Crippen molar-refractivity contribution in [3.63, 3.8) is 0 Å². The van der Waals surface area contributed by atoms with E-state index < -0.39 is 18.3 Å². The van der Waals surface area contributed by atoms with Crippen molar-refractivity contribution in [1.82, 2.24) is 9.80 Å². The highest BCUT2D eigenvalue weighted by molar-refractivity contribution is 5.92. The van der Waals surface area contributed by atoms with Crippen LogP contribution >= 0.6 is 0 Å². The lowest BCUT2D eigenvalue weighted by Gasteiger charge is -2.38. The molecule has 8 nitrogen and oxygen atoms in total. The second kappa shape index (κ2) is 15.0. The monoisotopic (exact) mass is 490 g/mol. The van der Waals surface area contributed by atoms with E-state index in [2.05, 4.69) is 13.8 Å². The summed E-state index contributed by atoms with van der Waals surface area (Å²) in [6.07, 6.45) is 2.43. The zero-order valence-electron chi connectivity index (χ0n) is 21.5.